The van der Waals surface area contributed by atoms with Crippen LogP contribution in [0.1, 0.15) is 5.56 Å². The van der Waals surface area contributed by atoms with E-state index in [9.17, 15) is 0 Å². The lowest BCUT2D eigenvalue weighted by molar-refractivity contribution is 0.799. The normalized spacial score (nSPS) is 10.9. The van der Waals surface area contributed by atoms with Gasteiger partial charge in [0.05, 0.1) is 11.2 Å². The van der Waals surface area contributed by atoms with Gasteiger partial charge in [-0.05, 0) is 31.2 Å². The number of fused-ring (bicyclic) bond motifs is 1. The molecule has 4 rings (SSSR count). The Balaban J connectivity index is 1.73. The molecule has 0 saturated heterocycles. The minimum Gasteiger partial charge on any atom is -0.324 e. The third-order valence-electron chi connectivity index (χ3n) is 3.96. The van der Waals surface area contributed by atoms with Gasteiger partial charge in [-0.3, -0.25) is 4.68 Å². The van der Waals surface area contributed by atoms with E-state index in [0.717, 1.165) is 28.0 Å². The van der Waals surface area contributed by atoms with Gasteiger partial charge in [-0.25, -0.2) is 9.97 Å². The first-order valence-corrected chi connectivity index (χ1v) is 7.79. The van der Waals surface area contributed by atoms with Crippen LogP contribution in [0.15, 0.2) is 60.8 Å². The predicted molar refractivity (Wildman–Crippen MR) is 96.2 cm³/mol. The zero-order chi connectivity index (χ0) is 16.5. The summed E-state index contributed by atoms with van der Waals surface area (Å²) in [5, 5.41) is 8.94. The summed E-state index contributed by atoms with van der Waals surface area (Å²) in [5.74, 6) is 0.561. The highest BCUT2D eigenvalue weighted by atomic mass is 15.3. The number of hydrogen-bond donors (Lipinski definition) is 1. The first-order chi connectivity index (χ1) is 11.7. The molecule has 4 aromatic rings. The van der Waals surface area contributed by atoms with Crippen LogP contribution in [0.3, 0.4) is 0 Å². The van der Waals surface area contributed by atoms with Crippen molar-refractivity contribution in [2.75, 3.05) is 5.32 Å². The van der Waals surface area contributed by atoms with Crippen LogP contribution in [0, 0.1) is 6.92 Å². The van der Waals surface area contributed by atoms with Crippen molar-refractivity contribution in [3.8, 4) is 11.4 Å². The van der Waals surface area contributed by atoms with Crippen molar-refractivity contribution in [1.82, 2.24) is 19.7 Å². The van der Waals surface area contributed by atoms with Crippen molar-refractivity contribution in [3.63, 3.8) is 0 Å². The number of nitrogens with one attached hydrogen (secondary N) is 1. The van der Waals surface area contributed by atoms with Crippen molar-refractivity contribution in [1.29, 1.82) is 0 Å². The van der Waals surface area contributed by atoms with Crippen LogP contribution < -0.4 is 5.32 Å². The molecule has 0 bridgehead atoms. The van der Waals surface area contributed by atoms with Crippen LogP contribution >= 0.6 is 0 Å². The molecule has 2 heterocycles. The highest BCUT2D eigenvalue weighted by molar-refractivity contribution is 5.92. The van der Waals surface area contributed by atoms with Crippen LogP contribution in [0.4, 0.5) is 11.6 Å². The second-order valence-electron chi connectivity index (χ2n) is 5.75. The number of anilines is 2. The molecule has 24 heavy (non-hydrogen) atoms. The zero-order valence-corrected chi connectivity index (χ0v) is 13.6. The molecule has 118 valence electrons. The third kappa shape index (κ3) is 2.60. The van der Waals surface area contributed by atoms with Gasteiger partial charge in [0.2, 0.25) is 5.95 Å². The maximum absolute atomic E-state index is 4.63. The fraction of sp³-hybridized carbons (Fsp3) is 0.105. The van der Waals surface area contributed by atoms with Gasteiger partial charge in [0, 0.05) is 24.3 Å². The van der Waals surface area contributed by atoms with Gasteiger partial charge in [-0.2, -0.15) is 5.10 Å². The molecule has 0 unspecified atom stereocenters. The fourth-order valence-corrected chi connectivity index (χ4v) is 2.72. The van der Waals surface area contributed by atoms with Crippen LogP contribution in [-0.2, 0) is 7.05 Å². The Morgan fingerprint density at radius 2 is 1.75 bits per heavy atom. The number of para-hydroxylation sites is 1. The first-order valence-electron chi connectivity index (χ1n) is 7.79. The number of rotatable bonds is 3. The molecule has 2 aromatic carbocycles. The molecule has 1 N–H and O–H groups in total. The molecule has 0 spiro atoms. The van der Waals surface area contributed by atoms with Gasteiger partial charge in [0.1, 0.15) is 5.69 Å². The van der Waals surface area contributed by atoms with Gasteiger partial charge in [0.15, 0.2) is 0 Å². The van der Waals surface area contributed by atoms with Crippen LogP contribution in [0.2, 0.25) is 0 Å². The lowest BCUT2D eigenvalue weighted by Crippen LogP contribution is -1.98. The monoisotopic (exact) mass is 315 g/mol. The summed E-state index contributed by atoms with van der Waals surface area (Å²) in [5.41, 5.74) is 4.93. The summed E-state index contributed by atoms with van der Waals surface area (Å²) < 4.78 is 1.87. The molecule has 0 aliphatic heterocycles. The smallest absolute Gasteiger partial charge is 0.227 e. The number of hydrogen-bond acceptors (Lipinski definition) is 4. The average Bonchev–Trinajstić information content (AvgIpc) is 2.95. The van der Waals surface area contributed by atoms with Gasteiger partial charge < -0.3 is 5.32 Å². The topological polar surface area (TPSA) is 55.6 Å². The van der Waals surface area contributed by atoms with E-state index in [-0.39, 0.29) is 0 Å². The van der Waals surface area contributed by atoms with Crippen molar-refractivity contribution in [3.05, 3.63) is 66.4 Å². The van der Waals surface area contributed by atoms with E-state index in [1.807, 2.05) is 42.1 Å². The molecular weight excluding hydrogens is 298 g/mol. The standard InChI is InChI=1S/C19H17N5/c1-13-7-9-14(10-8-13)21-19-20-12-11-16(22-19)18-15-5-3-4-6-17(15)24(2)23-18/h3-12H,1-2H3,(H,20,21,22). The molecule has 5 heteroatoms. The molecule has 0 aliphatic rings. The minimum absolute atomic E-state index is 0.561. The van der Waals surface area contributed by atoms with E-state index in [0.29, 0.717) is 5.95 Å². The maximum Gasteiger partial charge on any atom is 0.227 e. The quantitative estimate of drug-likeness (QED) is 0.619. The zero-order valence-electron chi connectivity index (χ0n) is 13.6. The third-order valence-corrected chi connectivity index (χ3v) is 3.96. The van der Waals surface area contributed by atoms with Crippen molar-refractivity contribution < 1.29 is 0 Å². The summed E-state index contributed by atoms with van der Waals surface area (Å²) in [6.07, 6.45) is 1.75. The SMILES string of the molecule is Cc1ccc(Nc2nccc(-c3nn(C)c4ccccc34)n2)cc1. The van der Waals surface area contributed by atoms with Gasteiger partial charge >= 0.3 is 0 Å². The molecule has 0 saturated carbocycles. The number of aromatic nitrogens is 4. The molecular formula is C19H17N5. The highest BCUT2D eigenvalue weighted by Crippen LogP contribution is 2.26. The van der Waals surface area contributed by atoms with Crippen molar-refractivity contribution in [2.45, 2.75) is 6.92 Å². The van der Waals surface area contributed by atoms with E-state index in [4.69, 9.17) is 0 Å². The average molecular weight is 315 g/mol. The van der Waals surface area contributed by atoms with Crippen LogP contribution in [0.25, 0.3) is 22.3 Å². The Kier molecular flexibility index (Phi) is 3.46. The molecule has 0 atom stereocenters. The van der Waals surface area contributed by atoms with E-state index in [1.165, 1.54) is 5.56 Å². The summed E-state index contributed by atoms with van der Waals surface area (Å²) in [6.45, 7) is 2.06. The fourth-order valence-electron chi connectivity index (χ4n) is 2.72. The summed E-state index contributed by atoms with van der Waals surface area (Å²) >= 11 is 0. The lowest BCUT2D eigenvalue weighted by atomic mass is 10.1. The Bertz CT molecular complexity index is 1000. The van der Waals surface area contributed by atoms with Gasteiger partial charge in [0.25, 0.3) is 0 Å². The Labute approximate surface area is 140 Å². The van der Waals surface area contributed by atoms with E-state index >= 15 is 0 Å². The number of aryl methyl sites for hydroxylation is 2. The van der Waals surface area contributed by atoms with Gasteiger partial charge in [-0.1, -0.05) is 35.9 Å². The second-order valence-corrected chi connectivity index (χ2v) is 5.75. The summed E-state index contributed by atoms with van der Waals surface area (Å²) in [7, 11) is 1.94. The summed E-state index contributed by atoms with van der Waals surface area (Å²) in [6, 6.07) is 18.2. The van der Waals surface area contributed by atoms with E-state index in [2.05, 4.69) is 51.6 Å². The highest BCUT2D eigenvalue weighted by Gasteiger charge is 2.12. The maximum atomic E-state index is 4.63. The lowest BCUT2D eigenvalue weighted by Gasteiger charge is -2.06. The van der Waals surface area contributed by atoms with E-state index in [1.54, 1.807) is 6.20 Å². The predicted octanol–water partition coefficient (Wildman–Crippen LogP) is 4.08. The largest absolute Gasteiger partial charge is 0.324 e. The molecule has 0 fully saturated rings. The minimum atomic E-state index is 0.561. The Hall–Kier alpha value is -3.21. The van der Waals surface area contributed by atoms with E-state index < -0.39 is 0 Å². The first kappa shape index (κ1) is 14.4. The van der Waals surface area contributed by atoms with Crippen molar-refractivity contribution in [2.24, 2.45) is 7.05 Å². The molecule has 0 radical (unpaired) electrons. The molecule has 0 aliphatic carbocycles. The molecule has 5 nitrogen and oxygen atoms in total. The summed E-state index contributed by atoms with van der Waals surface area (Å²) in [4.78, 5) is 8.94. The molecule has 2 aromatic heterocycles. The molecule has 0 amide bonds. The Morgan fingerprint density at radius 3 is 2.58 bits per heavy atom. The Morgan fingerprint density at radius 1 is 0.958 bits per heavy atom. The second kappa shape index (κ2) is 5.77. The number of nitrogens with zero attached hydrogens (tertiary/aromatic N) is 4. The van der Waals surface area contributed by atoms with Gasteiger partial charge in [-0.15, -0.1) is 0 Å². The van der Waals surface area contributed by atoms with Crippen LogP contribution in [-0.4, -0.2) is 19.7 Å². The number of benzene rings is 2. The van der Waals surface area contributed by atoms with Crippen molar-refractivity contribution >= 4 is 22.5 Å². The van der Waals surface area contributed by atoms with Crippen LogP contribution in [0.5, 0.6) is 0 Å².